The number of amidine groups is 2. The molecule has 8 nitrogen and oxygen atoms in total. The predicted octanol–water partition coefficient (Wildman–Crippen LogP) is 4.13. The third-order valence-corrected chi connectivity index (χ3v) is 4.39. The van der Waals surface area contributed by atoms with Crippen LogP contribution in [0.4, 0.5) is 0 Å². The van der Waals surface area contributed by atoms with Crippen molar-refractivity contribution >= 4 is 34.9 Å². The molecule has 2 heterocycles. The van der Waals surface area contributed by atoms with Crippen molar-refractivity contribution in [3.05, 3.63) is 58.1 Å². The Kier molecular flexibility index (Phi) is 10.8. The first-order valence-electron chi connectivity index (χ1n) is 8.76. The van der Waals surface area contributed by atoms with E-state index >= 15 is 0 Å². The number of nitriles is 2. The lowest BCUT2D eigenvalue weighted by molar-refractivity contribution is 0.497. The molecular formula is C20H22Cl2N8. The minimum absolute atomic E-state index is 0.476. The lowest BCUT2D eigenvalue weighted by Crippen LogP contribution is -2.23. The number of hydrogen-bond acceptors (Lipinski definition) is 6. The zero-order valence-corrected chi connectivity index (χ0v) is 18.7. The number of rotatable bonds is 4. The summed E-state index contributed by atoms with van der Waals surface area (Å²) in [6, 6.07) is 7.26. The first-order valence-corrected chi connectivity index (χ1v) is 9.52. The van der Waals surface area contributed by atoms with Gasteiger partial charge in [0, 0.05) is 39.6 Å². The predicted molar refractivity (Wildman–Crippen MR) is 119 cm³/mol. The van der Waals surface area contributed by atoms with Gasteiger partial charge in [-0.05, 0) is 37.1 Å². The van der Waals surface area contributed by atoms with E-state index in [1.54, 1.807) is 50.8 Å². The standard InChI is InChI=1S/2C10H11ClN4/c2*1-8(14-7-12)15(2)6-9-3-4-10(11)13-5-9/h2*3-5H,6H2,1-2H3. The summed E-state index contributed by atoms with van der Waals surface area (Å²) in [6.07, 6.45) is 6.92. The monoisotopic (exact) mass is 444 g/mol. The van der Waals surface area contributed by atoms with Gasteiger partial charge in [0.15, 0.2) is 0 Å². The van der Waals surface area contributed by atoms with Gasteiger partial charge in [0.1, 0.15) is 22.0 Å². The molecule has 0 radical (unpaired) electrons. The molecule has 0 aliphatic heterocycles. The van der Waals surface area contributed by atoms with Crippen molar-refractivity contribution in [3.63, 3.8) is 0 Å². The van der Waals surface area contributed by atoms with Crippen molar-refractivity contribution in [2.45, 2.75) is 26.9 Å². The molecule has 0 atom stereocenters. The molecule has 156 valence electrons. The smallest absolute Gasteiger partial charge is 0.207 e. The maximum absolute atomic E-state index is 8.39. The number of aromatic nitrogens is 2. The molecule has 0 aliphatic carbocycles. The van der Waals surface area contributed by atoms with Gasteiger partial charge in [0.05, 0.1) is 0 Å². The highest BCUT2D eigenvalue weighted by atomic mass is 35.5. The van der Waals surface area contributed by atoms with Crippen molar-refractivity contribution in [2.24, 2.45) is 9.98 Å². The van der Waals surface area contributed by atoms with Gasteiger partial charge in [0.2, 0.25) is 12.4 Å². The third-order valence-electron chi connectivity index (χ3n) is 3.95. The fourth-order valence-electron chi connectivity index (χ4n) is 2.09. The molecule has 0 spiro atoms. The number of hydrogen-bond donors (Lipinski definition) is 0. The molecule has 0 bridgehead atoms. The Balaban J connectivity index is 0.000000300. The average Bonchev–Trinajstić information content (AvgIpc) is 2.72. The molecule has 0 unspecified atom stereocenters. The van der Waals surface area contributed by atoms with Crippen molar-refractivity contribution in [1.29, 1.82) is 10.5 Å². The second kappa shape index (κ2) is 13.1. The largest absolute Gasteiger partial charge is 0.358 e. The second-order valence-corrected chi connectivity index (χ2v) is 6.98. The van der Waals surface area contributed by atoms with Crippen LogP contribution in [0.25, 0.3) is 0 Å². The normalized spacial score (nSPS) is 10.9. The van der Waals surface area contributed by atoms with Crippen molar-refractivity contribution in [1.82, 2.24) is 19.8 Å². The van der Waals surface area contributed by atoms with Crippen LogP contribution in [0.15, 0.2) is 46.6 Å². The van der Waals surface area contributed by atoms with Crippen LogP contribution < -0.4 is 0 Å². The highest BCUT2D eigenvalue weighted by Gasteiger charge is 2.03. The fourth-order valence-corrected chi connectivity index (χ4v) is 2.32. The van der Waals surface area contributed by atoms with E-state index in [1.165, 1.54) is 0 Å². The van der Waals surface area contributed by atoms with Crippen molar-refractivity contribution < 1.29 is 0 Å². The van der Waals surface area contributed by atoms with E-state index in [2.05, 4.69) is 20.0 Å². The van der Waals surface area contributed by atoms with Crippen LogP contribution in [-0.2, 0) is 13.1 Å². The summed E-state index contributed by atoms with van der Waals surface area (Å²) in [6.45, 7) is 4.88. The maximum atomic E-state index is 8.39. The number of halogens is 2. The molecule has 0 saturated carbocycles. The SMILES string of the molecule is CC(=NC#N)N(C)Cc1ccc(Cl)nc1.CC(=NC#N)N(C)Cc1ccc(Cl)nc1. The van der Waals surface area contributed by atoms with Gasteiger partial charge in [-0.2, -0.15) is 20.5 Å². The van der Waals surface area contributed by atoms with E-state index in [0.29, 0.717) is 35.1 Å². The zero-order chi connectivity index (χ0) is 22.5. The summed E-state index contributed by atoms with van der Waals surface area (Å²) >= 11 is 11.3. The molecule has 2 aromatic heterocycles. The van der Waals surface area contributed by atoms with Gasteiger partial charge < -0.3 is 9.80 Å². The topological polar surface area (TPSA) is 105 Å². The number of nitrogens with zero attached hydrogens (tertiary/aromatic N) is 8. The average molecular weight is 445 g/mol. The fraction of sp³-hybridized carbons (Fsp3) is 0.300. The van der Waals surface area contributed by atoms with Crippen LogP contribution in [0, 0.1) is 22.9 Å². The van der Waals surface area contributed by atoms with Gasteiger partial charge in [-0.25, -0.2) is 9.97 Å². The first-order chi connectivity index (χ1) is 14.3. The summed E-state index contributed by atoms with van der Waals surface area (Å²) in [5, 5.41) is 17.7. The summed E-state index contributed by atoms with van der Waals surface area (Å²) in [4.78, 5) is 19.0. The summed E-state index contributed by atoms with van der Waals surface area (Å²) < 4.78 is 0. The maximum Gasteiger partial charge on any atom is 0.207 e. The van der Waals surface area contributed by atoms with Gasteiger partial charge in [-0.15, -0.1) is 0 Å². The Morgan fingerprint density at radius 2 is 1.20 bits per heavy atom. The van der Waals surface area contributed by atoms with Crippen LogP contribution in [-0.4, -0.2) is 45.5 Å². The van der Waals surface area contributed by atoms with E-state index < -0.39 is 0 Å². The second-order valence-electron chi connectivity index (χ2n) is 6.21. The van der Waals surface area contributed by atoms with E-state index in [1.807, 2.05) is 36.0 Å². The van der Waals surface area contributed by atoms with Gasteiger partial charge in [-0.1, -0.05) is 35.3 Å². The lowest BCUT2D eigenvalue weighted by atomic mass is 10.3. The molecule has 0 saturated heterocycles. The number of pyridine rings is 2. The van der Waals surface area contributed by atoms with Gasteiger partial charge in [-0.3, -0.25) is 0 Å². The highest BCUT2D eigenvalue weighted by molar-refractivity contribution is 6.29. The van der Waals surface area contributed by atoms with E-state index in [4.69, 9.17) is 33.7 Å². The van der Waals surface area contributed by atoms with Gasteiger partial charge in [0.25, 0.3) is 0 Å². The summed E-state index contributed by atoms with van der Waals surface area (Å²) in [5.74, 6) is 1.35. The molecule has 0 amide bonds. The lowest BCUT2D eigenvalue weighted by Gasteiger charge is -2.17. The molecular weight excluding hydrogens is 423 g/mol. The van der Waals surface area contributed by atoms with Crippen LogP contribution in [0.5, 0.6) is 0 Å². The zero-order valence-electron chi connectivity index (χ0n) is 17.2. The van der Waals surface area contributed by atoms with Crippen LogP contribution in [0.1, 0.15) is 25.0 Å². The van der Waals surface area contributed by atoms with E-state index in [9.17, 15) is 0 Å². The van der Waals surface area contributed by atoms with Crippen molar-refractivity contribution in [2.75, 3.05) is 14.1 Å². The molecule has 10 heteroatoms. The first kappa shape index (κ1) is 24.8. The minimum atomic E-state index is 0.476. The summed E-state index contributed by atoms with van der Waals surface area (Å²) in [7, 11) is 3.73. The van der Waals surface area contributed by atoms with E-state index in [0.717, 1.165) is 11.1 Å². The Labute approximate surface area is 186 Å². The van der Waals surface area contributed by atoms with Crippen LogP contribution >= 0.6 is 23.2 Å². The quantitative estimate of drug-likeness (QED) is 0.303. The Morgan fingerprint density at radius 3 is 1.47 bits per heavy atom. The summed E-state index contributed by atoms with van der Waals surface area (Å²) in [5.41, 5.74) is 2.05. The van der Waals surface area contributed by atoms with Crippen LogP contribution in [0.3, 0.4) is 0 Å². The molecule has 30 heavy (non-hydrogen) atoms. The molecule has 2 aromatic rings. The molecule has 0 aromatic carbocycles. The highest BCUT2D eigenvalue weighted by Crippen LogP contribution is 2.08. The molecule has 0 N–H and O–H groups in total. The Morgan fingerprint density at radius 1 is 0.833 bits per heavy atom. The van der Waals surface area contributed by atoms with E-state index in [-0.39, 0.29) is 0 Å². The van der Waals surface area contributed by atoms with Crippen molar-refractivity contribution in [3.8, 4) is 12.4 Å². The molecule has 0 fully saturated rings. The van der Waals surface area contributed by atoms with Crippen LogP contribution in [0.2, 0.25) is 10.3 Å². The number of aliphatic imine (C=N–C) groups is 2. The van der Waals surface area contributed by atoms with Gasteiger partial charge >= 0.3 is 0 Å². The Bertz CT molecular complexity index is 861. The molecule has 2 rings (SSSR count). The Hall–Kier alpha value is -3.20. The third kappa shape index (κ3) is 9.33. The molecule has 0 aliphatic rings. The minimum Gasteiger partial charge on any atom is -0.358 e.